The van der Waals surface area contributed by atoms with Crippen LogP contribution in [-0.2, 0) is 0 Å². The number of nitrogens with zero attached hydrogens (tertiary/aromatic N) is 2. The molecule has 2 N–H and O–H groups in total. The number of piperidine rings is 1. The Labute approximate surface area is 124 Å². The maximum atomic E-state index is 6.21. The zero-order valence-corrected chi connectivity index (χ0v) is 13.0. The lowest BCUT2D eigenvalue weighted by molar-refractivity contribution is 0.135. The maximum absolute atomic E-state index is 6.21. The molecule has 0 spiro atoms. The largest absolute Gasteiger partial charge is 0.372 e. The molecule has 4 nitrogen and oxygen atoms in total. The Morgan fingerprint density at radius 1 is 1.16 bits per heavy atom. The number of hydrogen-bond donors (Lipinski definition) is 2. The summed E-state index contributed by atoms with van der Waals surface area (Å²) in [4.78, 5) is 4.43. The van der Waals surface area contributed by atoms with Crippen molar-refractivity contribution in [3.05, 3.63) is 16.1 Å². The van der Waals surface area contributed by atoms with Crippen molar-refractivity contribution in [2.24, 2.45) is 0 Å². The van der Waals surface area contributed by atoms with Crippen LogP contribution in [0.25, 0.3) is 0 Å². The van der Waals surface area contributed by atoms with Crippen molar-refractivity contribution in [1.29, 1.82) is 0 Å². The van der Waals surface area contributed by atoms with Gasteiger partial charge in [0.2, 0.25) is 0 Å². The van der Waals surface area contributed by atoms with Crippen molar-refractivity contribution >= 4 is 34.8 Å². The van der Waals surface area contributed by atoms with Gasteiger partial charge in [0, 0.05) is 19.1 Å². The predicted molar refractivity (Wildman–Crippen MR) is 82.0 cm³/mol. The molecule has 19 heavy (non-hydrogen) atoms. The molecule has 2 rings (SSSR count). The molecular formula is C13H20Cl2N4. The van der Waals surface area contributed by atoms with E-state index in [1.807, 2.05) is 0 Å². The number of hydrazine groups is 1. The second-order valence-corrected chi connectivity index (χ2v) is 5.86. The van der Waals surface area contributed by atoms with Crippen LogP contribution in [0.4, 0.5) is 11.6 Å². The molecule has 2 heterocycles. The van der Waals surface area contributed by atoms with E-state index in [4.69, 9.17) is 23.2 Å². The fraction of sp³-hybridized carbons (Fsp3) is 0.615. The van der Waals surface area contributed by atoms with Gasteiger partial charge in [0.05, 0.1) is 10.0 Å². The Kier molecular flexibility index (Phi) is 4.76. The highest BCUT2D eigenvalue weighted by atomic mass is 35.5. The van der Waals surface area contributed by atoms with Crippen LogP contribution in [0.5, 0.6) is 0 Å². The van der Waals surface area contributed by atoms with E-state index in [9.17, 15) is 0 Å². The summed E-state index contributed by atoms with van der Waals surface area (Å²) in [7, 11) is 1.79. The van der Waals surface area contributed by atoms with Gasteiger partial charge < -0.3 is 10.7 Å². The lowest BCUT2D eigenvalue weighted by Crippen LogP contribution is -2.47. The Morgan fingerprint density at radius 3 is 2.32 bits per heavy atom. The fourth-order valence-corrected chi connectivity index (χ4v) is 2.98. The van der Waals surface area contributed by atoms with Gasteiger partial charge in [-0.1, -0.05) is 29.6 Å². The van der Waals surface area contributed by atoms with Crippen molar-refractivity contribution in [1.82, 2.24) is 9.99 Å². The molecule has 1 saturated heterocycles. The van der Waals surface area contributed by atoms with Gasteiger partial charge in [-0.15, -0.1) is 0 Å². The number of anilines is 2. The topological polar surface area (TPSA) is 40.2 Å². The van der Waals surface area contributed by atoms with Gasteiger partial charge >= 0.3 is 0 Å². The number of pyridine rings is 1. The smallest absolute Gasteiger partial charge is 0.161 e. The summed E-state index contributed by atoms with van der Waals surface area (Å²) >= 11 is 12.3. The van der Waals surface area contributed by atoms with E-state index in [0.717, 1.165) is 0 Å². The number of aromatic nitrogens is 1. The molecule has 1 fully saturated rings. The molecule has 0 bridgehead atoms. The first-order valence-electron chi connectivity index (χ1n) is 6.61. The Hall–Kier alpha value is -0.710. The third-order valence-corrected chi connectivity index (χ3v) is 4.17. The minimum atomic E-state index is 0.468. The van der Waals surface area contributed by atoms with E-state index >= 15 is 0 Å². The summed E-state index contributed by atoms with van der Waals surface area (Å²) < 4.78 is 0. The molecule has 0 aromatic carbocycles. The number of nitrogens with one attached hydrogen (secondary N) is 2. The molecule has 0 saturated carbocycles. The molecule has 1 aliphatic rings. The fourth-order valence-electron chi connectivity index (χ4n) is 2.48. The molecule has 106 valence electrons. The summed E-state index contributed by atoms with van der Waals surface area (Å²) in [5, 5.41) is 6.25. The Balaban J connectivity index is 2.22. The van der Waals surface area contributed by atoms with E-state index in [1.54, 1.807) is 13.1 Å². The first-order chi connectivity index (χ1) is 9.02. The van der Waals surface area contributed by atoms with Crippen molar-refractivity contribution in [3.63, 3.8) is 0 Å². The average Bonchev–Trinajstić information content (AvgIpc) is 2.36. The number of halogens is 2. The summed E-state index contributed by atoms with van der Waals surface area (Å²) in [6.07, 6.45) is 3.63. The van der Waals surface area contributed by atoms with E-state index < -0.39 is 0 Å². The van der Waals surface area contributed by atoms with Crippen molar-refractivity contribution in [2.45, 2.75) is 45.2 Å². The quantitative estimate of drug-likeness (QED) is 0.885. The average molecular weight is 303 g/mol. The monoisotopic (exact) mass is 302 g/mol. The van der Waals surface area contributed by atoms with Crippen LogP contribution in [-0.4, -0.2) is 29.1 Å². The zero-order valence-electron chi connectivity index (χ0n) is 11.5. The van der Waals surface area contributed by atoms with Gasteiger partial charge in [-0.05, 0) is 32.8 Å². The molecule has 0 aliphatic carbocycles. The molecule has 2 atom stereocenters. The minimum Gasteiger partial charge on any atom is -0.372 e. The van der Waals surface area contributed by atoms with Gasteiger partial charge in [-0.2, -0.15) is 0 Å². The first-order valence-corrected chi connectivity index (χ1v) is 7.37. The van der Waals surface area contributed by atoms with Crippen molar-refractivity contribution in [2.75, 3.05) is 17.8 Å². The van der Waals surface area contributed by atoms with Crippen molar-refractivity contribution in [3.8, 4) is 0 Å². The van der Waals surface area contributed by atoms with Crippen LogP contribution in [0.15, 0.2) is 6.07 Å². The standard InChI is InChI=1S/C13H20Cl2N4/c1-8-5-4-6-9(2)19(8)18-13-11(15)7-10(14)12(16-3)17-13/h7-9H,4-6H2,1-3H3,(H2,16,17,18). The van der Waals surface area contributed by atoms with Crippen molar-refractivity contribution < 1.29 is 0 Å². The highest BCUT2D eigenvalue weighted by Gasteiger charge is 2.25. The molecular weight excluding hydrogens is 283 g/mol. The molecule has 0 amide bonds. The highest BCUT2D eigenvalue weighted by molar-refractivity contribution is 6.37. The normalized spacial score (nSPS) is 24.3. The lowest BCUT2D eigenvalue weighted by atomic mass is 10.00. The third-order valence-electron chi connectivity index (χ3n) is 3.59. The van der Waals surface area contributed by atoms with Crippen LogP contribution in [0.2, 0.25) is 10.0 Å². The van der Waals surface area contributed by atoms with Crippen LogP contribution in [0.1, 0.15) is 33.1 Å². The SMILES string of the molecule is CNc1nc(NN2C(C)CCCC2C)c(Cl)cc1Cl. The molecule has 1 aromatic rings. The molecule has 6 heteroatoms. The number of hydrogen-bond acceptors (Lipinski definition) is 4. The van der Waals surface area contributed by atoms with Gasteiger partial charge in [-0.3, -0.25) is 0 Å². The van der Waals surface area contributed by atoms with Gasteiger partial charge in [0.25, 0.3) is 0 Å². The second kappa shape index (κ2) is 6.16. The van der Waals surface area contributed by atoms with E-state index in [2.05, 4.69) is 34.6 Å². The van der Waals surface area contributed by atoms with E-state index in [0.29, 0.717) is 33.8 Å². The molecule has 1 aromatic heterocycles. The third kappa shape index (κ3) is 3.25. The van der Waals surface area contributed by atoms with Crippen LogP contribution in [0.3, 0.4) is 0 Å². The molecule has 1 aliphatic heterocycles. The van der Waals surface area contributed by atoms with E-state index in [-0.39, 0.29) is 0 Å². The lowest BCUT2D eigenvalue weighted by Gasteiger charge is -2.39. The summed E-state index contributed by atoms with van der Waals surface area (Å²) in [6, 6.07) is 2.65. The van der Waals surface area contributed by atoms with Crippen LogP contribution < -0.4 is 10.7 Å². The summed E-state index contributed by atoms with van der Waals surface area (Å²) in [5.74, 6) is 1.28. The van der Waals surface area contributed by atoms with Gasteiger partial charge in [0.15, 0.2) is 5.82 Å². The van der Waals surface area contributed by atoms with Crippen LogP contribution >= 0.6 is 23.2 Å². The molecule has 2 unspecified atom stereocenters. The Morgan fingerprint density at radius 2 is 1.74 bits per heavy atom. The maximum Gasteiger partial charge on any atom is 0.161 e. The first kappa shape index (κ1) is 14.7. The predicted octanol–water partition coefficient (Wildman–Crippen LogP) is 4.02. The number of rotatable bonds is 3. The van der Waals surface area contributed by atoms with Gasteiger partial charge in [-0.25, -0.2) is 9.99 Å². The summed E-state index contributed by atoms with van der Waals surface area (Å²) in [6.45, 7) is 4.43. The molecule has 0 radical (unpaired) electrons. The van der Waals surface area contributed by atoms with Gasteiger partial charge in [0.1, 0.15) is 5.82 Å². The van der Waals surface area contributed by atoms with E-state index in [1.165, 1.54) is 19.3 Å². The van der Waals surface area contributed by atoms with Crippen LogP contribution in [0, 0.1) is 0 Å². The Bertz CT molecular complexity index is 443. The summed E-state index contributed by atoms with van der Waals surface area (Å²) in [5.41, 5.74) is 3.34. The zero-order chi connectivity index (χ0) is 14.0. The minimum absolute atomic E-state index is 0.468. The second-order valence-electron chi connectivity index (χ2n) is 5.05. The highest BCUT2D eigenvalue weighted by Crippen LogP contribution is 2.31.